The summed E-state index contributed by atoms with van der Waals surface area (Å²) in [6.07, 6.45) is 10.5. The molecule has 0 aromatic rings. The number of carbonyl (C=O) groups excluding carboxylic acids is 2. The van der Waals surface area contributed by atoms with Crippen LogP contribution in [0.4, 0.5) is 0 Å². The van der Waals surface area contributed by atoms with Gasteiger partial charge in [-0.1, -0.05) is 19.3 Å². The van der Waals surface area contributed by atoms with Crippen LogP contribution in [-0.4, -0.2) is 30.4 Å². The van der Waals surface area contributed by atoms with Crippen LogP contribution in [0.3, 0.4) is 0 Å². The van der Waals surface area contributed by atoms with E-state index in [1.165, 1.54) is 19.3 Å². The SMILES string of the molecule is Cl.NC1CCC(NC(=O)CNC(=O)CC2CCCCC2)CC1. The van der Waals surface area contributed by atoms with Crippen LogP contribution in [0.15, 0.2) is 0 Å². The molecule has 6 heteroatoms. The Bertz CT molecular complexity index is 351. The van der Waals surface area contributed by atoms with Gasteiger partial charge in [0.05, 0.1) is 6.54 Å². The van der Waals surface area contributed by atoms with Crippen molar-refractivity contribution in [3.8, 4) is 0 Å². The topological polar surface area (TPSA) is 84.2 Å². The zero-order valence-corrected chi connectivity index (χ0v) is 14.1. The highest BCUT2D eigenvalue weighted by atomic mass is 35.5. The fourth-order valence-electron chi connectivity index (χ4n) is 3.45. The average Bonchev–Trinajstić information content (AvgIpc) is 2.49. The van der Waals surface area contributed by atoms with Gasteiger partial charge in [0, 0.05) is 18.5 Å². The highest BCUT2D eigenvalue weighted by Gasteiger charge is 2.21. The lowest BCUT2D eigenvalue weighted by atomic mass is 9.87. The van der Waals surface area contributed by atoms with Crippen molar-refractivity contribution in [1.29, 1.82) is 0 Å². The fraction of sp³-hybridized carbons (Fsp3) is 0.875. The lowest BCUT2D eigenvalue weighted by Crippen LogP contribution is -2.44. The van der Waals surface area contributed by atoms with E-state index < -0.39 is 0 Å². The standard InChI is InChI=1S/C16H29N3O2.ClH/c17-13-6-8-14(9-7-13)19-16(21)11-18-15(20)10-12-4-2-1-3-5-12;/h12-14H,1-11,17H2,(H,18,20)(H,19,21);1H. The number of rotatable bonds is 5. The maximum absolute atomic E-state index is 11.8. The average molecular weight is 332 g/mol. The van der Waals surface area contributed by atoms with Gasteiger partial charge < -0.3 is 16.4 Å². The molecule has 2 aliphatic carbocycles. The summed E-state index contributed by atoms with van der Waals surface area (Å²) in [5.74, 6) is 0.455. The van der Waals surface area contributed by atoms with E-state index in [-0.39, 0.29) is 42.8 Å². The first-order valence-electron chi connectivity index (χ1n) is 8.45. The van der Waals surface area contributed by atoms with Crippen LogP contribution >= 0.6 is 12.4 Å². The van der Waals surface area contributed by atoms with Crippen molar-refractivity contribution in [2.24, 2.45) is 11.7 Å². The molecule has 0 atom stereocenters. The maximum Gasteiger partial charge on any atom is 0.239 e. The zero-order valence-electron chi connectivity index (χ0n) is 13.3. The maximum atomic E-state index is 11.8. The van der Waals surface area contributed by atoms with E-state index in [0.717, 1.165) is 38.5 Å². The van der Waals surface area contributed by atoms with Crippen LogP contribution in [0.1, 0.15) is 64.2 Å². The van der Waals surface area contributed by atoms with Crippen LogP contribution in [0, 0.1) is 5.92 Å². The highest BCUT2D eigenvalue weighted by molar-refractivity contribution is 5.85. The summed E-state index contributed by atoms with van der Waals surface area (Å²) in [6, 6.07) is 0.515. The molecule has 0 spiro atoms. The molecule has 2 amide bonds. The van der Waals surface area contributed by atoms with Crippen LogP contribution in [0.2, 0.25) is 0 Å². The monoisotopic (exact) mass is 331 g/mol. The Labute approximate surface area is 139 Å². The summed E-state index contributed by atoms with van der Waals surface area (Å²) in [7, 11) is 0. The number of nitrogens with two attached hydrogens (primary N) is 1. The summed E-state index contributed by atoms with van der Waals surface area (Å²) >= 11 is 0. The third-order valence-electron chi connectivity index (χ3n) is 4.78. The third kappa shape index (κ3) is 6.97. The van der Waals surface area contributed by atoms with E-state index in [0.29, 0.717) is 12.3 Å². The molecule has 22 heavy (non-hydrogen) atoms. The molecule has 4 N–H and O–H groups in total. The molecule has 2 fully saturated rings. The van der Waals surface area contributed by atoms with Gasteiger partial charge in [-0.25, -0.2) is 0 Å². The molecule has 0 radical (unpaired) electrons. The van der Waals surface area contributed by atoms with Gasteiger partial charge in [0.25, 0.3) is 0 Å². The van der Waals surface area contributed by atoms with Crippen molar-refractivity contribution in [1.82, 2.24) is 10.6 Å². The Morgan fingerprint density at radius 1 is 0.909 bits per heavy atom. The molecule has 5 nitrogen and oxygen atoms in total. The Balaban J connectivity index is 0.00000242. The fourth-order valence-corrected chi connectivity index (χ4v) is 3.45. The van der Waals surface area contributed by atoms with Crippen molar-refractivity contribution < 1.29 is 9.59 Å². The van der Waals surface area contributed by atoms with E-state index in [4.69, 9.17) is 5.73 Å². The Kier molecular flexibility index (Phi) is 8.79. The Morgan fingerprint density at radius 3 is 2.18 bits per heavy atom. The highest BCUT2D eigenvalue weighted by Crippen LogP contribution is 2.26. The van der Waals surface area contributed by atoms with E-state index in [1.54, 1.807) is 0 Å². The minimum atomic E-state index is -0.0764. The first-order valence-corrected chi connectivity index (χ1v) is 8.45. The van der Waals surface area contributed by atoms with Gasteiger partial charge in [-0.05, 0) is 44.4 Å². The van der Waals surface area contributed by atoms with E-state index in [9.17, 15) is 9.59 Å². The van der Waals surface area contributed by atoms with Gasteiger partial charge >= 0.3 is 0 Å². The van der Waals surface area contributed by atoms with Crippen LogP contribution in [0.5, 0.6) is 0 Å². The predicted molar refractivity (Wildman–Crippen MR) is 89.8 cm³/mol. The van der Waals surface area contributed by atoms with Gasteiger partial charge in [0.15, 0.2) is 0 Å². The molecule has 0 aromatic carbocycles. The minimum Gasteiger partial charge on any atom is -0.352 e. The second kappa shape index (κ2) is 10.1. The molecule has 0 saturated heterocycles. The number of hydrogen-bond acceptors (Lipinski definition) is 3. The smallest absolute Gasteiger partial charge is 0.239 e. The second-order valence-corrected chi connectivity index (χ2v) is 6.66. The first-order chi connectivity index (χ1) is 10.1. The molecule has 0 bridgehead atoms. The van der Waals surface area contributed by atoms with E-state index >= 15 is 0 Å². The quantitative estimate of drug-likeness (QED) is 0.719. The molecule has 0 aromatic heterocycles. The van der Waals surface area contributed by atoms with Crippen molar-refractivity contribution in [3.63, 3.8) is 0 Å². The van der Waals surface area contributed by atoms with E-state index in [2.05, 4.69) is 10.6 Å². The Hall–Kier alpha value is -0.810. The number of hydrogen-bond donors (Lipinski definition) is 3. The molecule has 2 rings (SSSR count). The van der Waals surface area contributed by atoms with Gasteiger partial charge in [-0.3, -0.25) is 9.59 Å². The lowest BCUT2D eigenvalue weighted by Gasteiger charge is -2.26. The number of halogens is 1. The van der Waals surface area contributed by atoms with Gasteiger partial charge in [-0.15, -0.1) is 12.4 Å². The minimum absolute atomic E-state index is 0. The summed E-state index contributed by atoms with van der Waals surface area (Å²) in [4.78, 5) is 23.7. The van der Waals surface area contributed by atoms with Gasteiger partial charge in [-0.2, -0.15) is 0 Å². The van der Waals surface area contributed by atoms with E-state index in [1.807, 2.05) is 0 Å². The van der Waals surface area contributed by atoms with Crippen LogP contribution in [0.25, 0.3) is 0 Å². The predicted octanol–water partition coefficient (Wildman–Crippen LogP) is 1.88. The molecule has 2 saturated carbocycles. The number of carbonyl (C=O) groups is 2. The third-order valence-corrected chi connectivity index (χ3v) is 4.78. The largest absolute Gasteiger partial charge is 0.352 e. The first kappa shape index (κ1) is 19.2. The normalized spacial score (nSPS) is 25.9. The molecular formula is C16H30ClN3O2. The summed E-state index contributed by atoms with van der Waals surface area (Å²) in [5, 5.41) is 5.74. The van der Waals surface area contributed by atoms with Crippen molar-refractivity contribution in [2.75, 3.05) is 6.54 Å². The Morgan fingerprint density at radius 2 is 1.55 bits per heavy atom. The van der Waals surface area contributed by atoms with Gasteiger partial charge in [0.1, 0.15) is 0 Å². The zero-order chi connectivity index (χ0) is 15.1. The summed E-state index contributed by atoms with van der Waals surface area (Å²) in [5.41, 5.74) is 5.85. The number of amides is 2. The molecule has 128 valence electrons. The van der Waals surface area contributed by atoms with Crippen LogP contribution < -0.4 is 16.4 Å². The van der Waals surface area contributed by atoms with Crippen molar-refractivity contribution in [2.45, 2.75) is 76.3 Å². The summed E-state index contributed by atoms with van der Waals surface area (Å²) in [6.45, 7) is 0.105. The lowest BCUT2D eigenvalue weighted by molar-refractivity contribution is -0.127. The van der Waals surface area contributed by atoms with Crippen LogP contribution in [-0.2, 0) is 9.59 Å². The molecule has 0 aliphatic heterocycles. The molecule has 2 aliphatic rings. The molecule has 0 heterocycles. The van der Waals surface area contributed by atoms with Gasteiger partial charge in [0.2, 0.25) is 11.8 Å². The summed E-state index contributed by atoms with van der Waals surface area (Å²) < 4.78 is 0. The second-order valence-electron chi connectivity index (χ2n) is 6.66. The number of nitrogens with one attached hydrogen (secondary N) is 2. The van der Waals surface area contributed by atoms with Crippen molar-refractivity contribution in [3.05, 3.63) is 0 Å². The molecular weight excluding hydrogens is 302 g/mol. The molecule has 0 unspecified atom stereocenters. The van der Waals surface area contributed by atoms with Crippen molar-refractivity contribution >= 4 is 24.2 Å².